The SMILES string of the molecule is O=c1c2c(-c3nc(C4(O)CC4)no3)ncn2c2ccc(Cl)cc2n1Cc1ccccn1. The monoisotopic (exact) mass is 434 g/mol. The Morgan fingerprint density at radius 3 is 2.81 bits per heavy atom. The molecule has 6 rings (SSSR count). The summed E-state index contributed by atoms with van der Waals surface area (Å²) in [5.74, 6) is 0.303. The summed E-state index contributed by atoms with van der Waals surface area (Å²) in [6, 6.07) is 10.9. The second-order valence-corrected chi connectivity index (χ2v) is 8.05. The van der Waals surface area contributed by atoms with Crippen molar-refractivity contribution in [2.24, 2.45) is 0 Å². The van der Waals surface area contributed by atoms with Crippen molar-refractivity contribution in [1.29, 1.82) is 0 Å². The number of benzene rings is 1. The second kappa shape index (κ2) is 6.47. The Balaban J connectivity index is 1.61. The Kier molecular flexibility index (Phi) is 3.80. The van der Waals surface area contributed by atoms with E-state index in [2.05, 4.69) is 20.1 Å². The topological polar surface area (TPSA) is 111 Å². The summed E-state index contributed by atoms with van der Waals surface area (Å²) in [6.45, 7) is 0.256. The average Bonchev–Trinajstić information content (AvgIpc) is 3.18. The van der Waals surface area contributed by atoms with Crippen molar-refractivity contribution in [3.8, 4) is 11.6 Å². The van der Waals surface area contributed by atoms with Gasteiger partial charge >= 0.3 is 0 Å². The molecular formula is C21H15ClN6O3. The number of aliphatic hydroxyl groups is 1. The van der Waals surface area contributed by atoms with Crippen molar-refractivity contribution >= 4 is 28.2 Å². The van der Waals surface area contributed by atoms with Gasteiger partial charge in [-0.05, 0) is 43.2 Å². The van der Waals surface area contributed by atoms with Crippen molar-refractivity contribution in [3.05, 3.63) is 75.8 Å². The Hall–Kier alpha value is -3.56. The van der Waals surface area contributed by atoms with Gasteiger partial charge < -0.3 is 9.63 Å². The van der Waals surface area contributed by atoms with Gasteiger partial charge in [-0.2, -0.15) is 4.98 Å². The molecule has 0 amide bonds. The first kappa shape index (κ1) is 18.2. The zero-order valence-electron chi connectivity index (χ0n) is 16.1. The maximum absolute atomic E-state index is 13.6. The van der Waals surface area contributed by atoms with E-state index in [1.165, 1.54) is 0 Å². The lowest BCUT2D eigenvalue weighted by Crippen LogP contribution is -2.24. The molecule has 0 radical (unpaired) electrons. The van der Waals surface area contributed by atoms with Crippen LogP contribution in [0.15, 0.2) is 58.2 Å². The number of rotatable bonds is 4. The maximum atomic E-state index is 13.6. The quantitative estimate of drug-likeness (QED) is 0.463. The highest BCUT2D eigenvalue weighted by atomic mass is 35.5. The molecule has 0 unspecified atom stereocenters. The standard InChI is InChI=1S/C21H15ClN6O3/c22-12-4-5-14-15(9-12)27(10-13-3-1-2-8-23-13)19(29)17-16(24-11-28(14)17)18-25-20(26-31-18)21(30)6-7-21/h1-5,8-9,11,30H,6-7,10H2. The van der Waals surface area contributed by atoms with Crippen LogP contribution in [0.2, 0.25) is 5.02 Å². The molecule has 5 aromatic rings. The Labute approximate surface area is 179 Å². The molecule has 31 heavy (non-hydrogen) atoms. The number of halogens is 1. The molecular weight excluding hydrogens is 420 g/mol. The van der Waals surface area contributed by atoms with Crippen LogP contribution in [0.25, 0.3) is 28.1 Å². The lowest BCUT2D eigenvalue weighted by molar-refractivity contribution is 0.137. The van der Waals surface area contributed by atoms with E-state index in [-0.39, 0.29) is 29.5 Å². The van der Waals surface area contributed by atoms with Gasteiger partial charge in [0.05, 0.1) is 23.3 Å². The third kappa shape index (κ3) is 2.85. The van der Waals surface area contributed by atoms with E-state index >= 15 is 0 Å². The lowest BCUT2D eigenvalue weighted by Gasteiger charge is -2.12. The highest BCUT2D eigenvalue weighted by molar-refractivity contribution is 6.31. The second-order valence-electron chi connectivity index (χ2n) is 7.61. The molecule has 0 bridgehead atoms. The fourth-order valence-electron chi connectivity index (χ4n) is 3.71. The number of aromatic nitrogens is 6. The molecule has 4 aromatic heterocycles. The molecule has 1 aliphatic carbocycles. The zero-order chi connectivity index (χ0) is 21.2. The normalized spacial score (nSPS) is 15.0. The van der Waals surface area contributed by atoms with Crippen molar-refractivity contribution in [1.82, 2.24) is 29.1 Å². The first-order valence-corrected chi connectivity index (χ1v) is 10.1. The molecule has 4 heterocycles. The first-order chi connectivity index (χ1) is 15.0. The molecule has 9 nitrogen and oxygen atoms in total. The van der Waals surface area contributed by atoms with Crippen LogP contribution in [0.5, 0.6) is 0 Å². The molecule has 1 aromatic carbocycles. The van der Waals surface area contributed by atoms with Crippen molar-refractivity contribution in [2.45, 2.75) is 25.0 Å². The van der Waals surface area contributed by atoms with Crippen LogP contribution in [0.4, 0.5) is 0 Å². The minimum Gasteiger partial charge on any atom is -0.382 e. The Bertz CT molecular complexity index is 1520. The largest absolute Gasteiger partial charge is 0.382 e. The molecule has 1 N–H and O–H groups in total. The van der Waals surface area contributed by atoms with Gasteiger partial charge in [-0.15, -0.1) is 0 Å². The third-order valence-corrected chi connectivity index (χ3v) is 5.75. The molecule has 10 heteroatoms. The lowest BCUT2D eigenvalue weighted by atomic mass is 10.2. The molecule has 1 saturated carbocycles. The van der Waals surface area contributed by atoms with Crippen LogP contribution < -0.4 is 5.56 Å². The van der Waals surface area contributed by atoms with E-state index in [1.807, 2.05) is 24.3 Å². The zero-order valence-corrected chi connectivity index (χ0v) is 16.8. The van der Waals surface area contributed by atoms with Crippen LogP contribution in [-0.4, -0.2) is 34.2 Å². The van der Waals surface area contributed by atoms with Crippen LogP contribution in [0.3, 0.4) is 0 Å². The van der Waals surface area contributed by atoms with Crippen molar-refractivity contribution < 1.29 is 9.63 Å². The van der Waals surface area contributed by atoms with Gasteiger partial charge in [-0.3, -0.25) is 18.7 Å². The summed E-state index contributed by atoms with van der Waals surface area (Å²) >= 11 is 6.24. The molecule has 1 aliphatic rings. The number of imidazole rings is 1. The number of fused-ring (bicyclic) bond motifs is 3. The molecule has 154 valence electrons. The maximum Gasteiger partial charge on any atom is 0.279 e. The number of hydrogen-bond acceptors (Lipinski definition) is 7. The van der Waals surface area contributed by atoms with Crippen molar-refractivity contribution in [2.75, 3.05) is 0 Å². The van der Waals surface area contributed by atoms with E-state index in [9.17, 15) is 9.90 Å². The molecule has 0 atom stereocenters. The highest BCUT2D eigenvalue weighted by Crippen LogP contribution is 2.44. The van der Waals surface area contributed by atoms with E-state index in [4.69, 9.17) is 16.1 Å². The molecule has 1 fully saturated rings. The van der Waals surface area contributed by atoms with Crippen LogP contribution in [0, 0.1) is 0 Å². The van der Waals surface area contributed by atoms with Gasteiger partial charge in [-0.25, -0.2) is 4.98 Å². The van der Waals surface area contributed by atoms with E-state index in [0.29, 0.717) is 28.9 Å². The predicted octanol–water partition coefficient (Wildman–Crippen LogP) is 2.78. The molecule has 0 spiro atoms. The first-order valence-electron chi connectivity index (χ1n) is 9.69. The predicted molar refractivity (Wildman–Crippen MR) is 112 cm³/mol. The minimum absolute atomic E-state index is 0.0904. The summed E-state index contributed by atoms with van der Waals surface area (Å²) in [6.07, 6.45) is 4.39. The number of hydrogen-bond donors (Lipinski definition) is 1. The van der Waals surface area contributed by atoms with Crippen LogP contribution in [0.1, 0.15) is 24.4 Å². The summed E-state index contributed by atoms with van der Waals surface area (Å²) in [4.78, 5) is 26.7. The van der Waals surface area contributed by atoms with Crippen molar-refractivity contribution in [3.63, 3.8) is 0 Å². The molecule has 0 saturated heterocycles. The highest BCUT2D eigenvalue weighted by Gasteiger charge is 2.47. The Morgan fingerprint density at radius 2 is 2.03 bits per heavy atom. The number of nitrogens with zero attached hydrogens (tertiary/aromatic N) is 6. The summed E-state index contributed by atoms with van der Waals surface area (Å²) in [5, 5.41) is 14.7. The number of pyridine rings is 1. The van der Waals surface area contributed by atoms with Gasteiger partial charge in [0.2, 0.25) is 5.82 Å². The third-order valence-electron chi connectivity index (χ3n) is 5.52. The van der Waals surface area contributed by atoms with Gasteiger partial charge in [-0.1, -0.05) is 22.8 Å². The van der Waals surface area contributed by atoms with E-state index in [0.717, 1.165) is 11.2 Å². The van der Waals surface area contributed by atoms with Crippen LogP contribution >= 0.6 is 11.6 Å². The van der Waals surface area contributed by atoms with Gasteiger partial charge in [0.1, 0.15) is 17.4 Å². The molecule has 0 aliphatic heterocycles. The van der Waals surface area contributed by atoms with Crippen LogP contribution in [-0.2, 0) is 12.1 Å². The van der Waals surface area contributed by atoms with Gasteiger partial charge in [0, 0.05) is 11.2 Å². The summed E-state index contributed by atoms with van der Waals surface area (Å²) in [7, 11) is 0. The summed E-state index contributed by atoms with van der Waals surface area (Å²) < 4.78 is 8.64. The fraction of sp³-hybridized carbons (Fsp3) is 0.190. The van der Waals surface area contributed by atoms with E-state index in [1.54, 1.807) is 33.6 Å². The van der Waals surface area contributed by atoms with Gasteiger partial charge in [0.15, 0.2) is 5.69 Å². The summed E-state index contributed by atoms with van der Waals surface area (Å²) in [5.41, 5.74) is 1.35. The van der Waals surface area contributed by atoms with Gasteiger partial charge in [0.25, 0.3) is 11.4 Å². The average molecular weight is 435 g/mol. The van der Waals surface area contributed by atoms with E-state index < -0.39 is 5.60 Å². The Morgan fingerprint density at radius 1 is 1.16 bits per heavy atom. The fourth-order valence-corrected chi connectivity index (χ4v) is 3.87. The smallest absolute Gasteiger partial charge is 0.279 e. The minimum atomic E-state index is -1.04.